The second kappa shape index (κ2) is 9.34. The lowest BCUT2D eigenvalue weighted by Crippen LogP contribution is -2.28. The van der Waals surface area contributed by atoms with Gasteiger partial charge in [0.1, 0.15) is 12.1 Å². The van der Waals surface area contributed by atoms with Crippen LogP contribution in [0.4, 0.5) is 0 Å². The van der Waals surface area contributed by atoms with Gasteiger partial charge in [0, 0.05) is 12.5 Å². The summed E-state index contributed by atoms with van der Waals surface area (Å²) in [6.07, 6.45) is 2.36. The fourth-order valence-corrected chi connectivity index (χ4v) is 4.41. The molecule has 31 heavy (non-hydrogen) atoms. The minimum absolute atomic E-state index is 0.0601. The highest BCUT2D eigenvalue weighted by molar-refractivity contribution is 7.99. The Labute approximate surface area is 186 Å². The van der Waals surface area contributed by atoms with E-state index in [9.17, 15) is 4.79 Å². The Morgan fingerprint density at radius 3 is 2.58 bits per heavy atom. The first-order chi connectivity index (χ1) is 15.1. The molecule has 2 heterocycles. The van der Waals surface area contributed by atoms with Crippen LogP contribution in [0.5, 0.6) is 5.75 Å². The summed E-state index contributed by atoms with van der Waals surface area (Å²) < 4.78 is 7.24. The van der Waals surface area contributed by atoms with E-state index in [4.69, 9.17) is 9.84 Å². The highest BCUT2D eigenvalue weighted by atomic mass is 32.2. The molecule has 0 radical (unpaired) electrons. The van der Waals surface area contributed by atoms with E-state index in [-0.39, 0.29) is 23.7 Å². The van der Waals surface area contributed by atoms with E-state index < -0.39 is 0 Å². The first-order valence-electron chi connectivity index (χ1n) is 10.2. The van der Waals surface area contributed by atoms with E-state index in [1.165, 1.54) is 11.8 Å². The number of aromatic nitrogens is 3. The highest BCUT2D eigenvalue weighted by Gasteiger charge is 2.33. The van der Waals surface area contributed by atoms with Gasteiger partial charge in [0.25, 0.3) is 5.91 Å². The smallest absolute Gasteiger partial charge is 0.253 e. The molecule has 1 aromatic heterocycles. The van der Waals surface area contributed by atoms with Gasteiger partial charge >= 0.3 is 0 Å². The summed E-state index contributed by atoms with van der Waals surface area (Å²) in [4.78, 5) is 13.2. The molecule has 7 nitrogen and oxygen atoms in total. The molecule has 4 rings (SSSR count). The number of methoxy groups -OCH3 is 1. The topological polar surface area (TPSA) is 72.6 Å². The number of nitrogens with zero attached hydrogens (tertiary/aromatic N) is 5. The average molecular weight is 436 g/mol. The normalized spacial score (nSPS) is 15.9. The molecule has 0 saturated heterocycles. The van der Waals surface area contributed by atoms with Crippen LogP contribution in [0.2, 0.25) is 0 Å². The van der Waals surface area contributed by atoms with Crippen molar-refractivity contribution in [1.82, 2.24) is 19.8 Å². The molecule has 0 N–H and O–H groups in total. The lowest BCUT2D eigenvalue weighted by atomic mass is 9.98. The number of hydrazone groups is 1. The van der Waals surface area contributed by atoms with Gasteiger partial charge in [0.2, 0.25) is 0 Å². The standard InChI is InChI=1S/C23H25N5O2S/c1-16(2)27-15-24-25-23(27)31-14-22(29)28-21(18-9-11-19(30-3)12-10-18)13-20(26-28)17-7-5-4-6-8-17/h4-12,15-16,21H,13-14H2,1-3H3. The Kier molecular flexibility index (Phi) is 6.36. The fraction of sp³-hybridized carbons (Fsp3) is 0.304. The Morgan fingerprint density at radius 2 is 1.90 bits per heavy atom. The molecule has 160 valence electrons. The Morgan fingerprint density at radius 1 is 1.16 bits per heavy atom. The summed E-state index contributed by atoms with van der Waals surface area (Å²) in [6, 6.07) is 17.9. The summed E-state index contributed by atoms with van der Waals surface area (Å²) in [5.74, 6) is 0.964. The number of carbonyl (C=O) groups excluding carboxylic acids is 1. The van der Waals surface area contributed by atoms with E-state index in [1.54, 1.807) is 18.4 Å². The molecule has 0 aliphatic carbocycles. The molecule has 3 aromatic rings. The van der Waals surface area contributed by atoms with Crippen LogP contribution >= 0.6 is 11.8 Å². The number of thioether (sulfide) groups is 1. The van der Waals surface area contributed by atoms with Crippen LogP contribution in [0.1, 0.15) is 43.5 Å². The third kappa shape index (κ3) is 4.64. The van der Waals surface area contributed by atoms with E-state index in [2.05, 4.69) is 24.0 Å². The molecule has 1 aliphatic heterocycles. The number of carbonyl (C=O) groups is 1. The largest absolute Gasteiger partial charge is 0.497 e. The molecule has 1 unspecified atom stereocenters. The predicted octanol–water partition coefficient (Wildman–Crippen LogP) is 4.34. The first kappa shape index (κ1) is 21.1. The molecule has 1 amide bonds. The number of rotatable bonds is 7. The van der Waals surface area contributed by atoms with Gasteiger partial charge in [-0.3, -0.25) is 4.79 Å². The van der Waals surface area contributed by atoms with Gasteiger partial charge in [0.05, 0.1) is 24.6 Å². The van der Waals surface area contributed by atoms with Crippen LogP contribution in [0.3, 0.4) is 0 Å². The third-order valence-corrected chi connectivity index (χ3v) is 6.14. The van der Waals surface area contributed by atoms with Gasteiger partial charge in [0.15, 0.2) is 5.16 Å². The number of amides is 1. The summed E-state index contributed by atoms with van der Waals surface area (Å²) >= 11 is 1.39. The lowest BCUT2D eigenvalue weighted by Gasteiger charge is -2.22. The van der Waals surface area contributed by atoms with E-state index >= 15 is 0 Å². The monoisotopic (exact) mass is 435 g/mol. The maximum Gasteiger partial charge on any atom is 0.253 e. The van der Waals surface area contributed by atoms with Crippen molar-refractivity contribution in [3.05, 3.63) is 72.1 Å². The van der Waals surface area contributed by atoms with Crippen molar-refractivity contribution in [2.45, 2.75) is 37.5 Å². The summed E-state index contributed by atoms with van der Waals surface area (Å²) in [5.41, 5.74) is 2.97. The van der Waals surface area contributed by atoms with E-state index in [1.807, 2.05) is 59.2 Å². The number of benzene rings is 2. The first-order valence-corrected chi connectivity index (χ1v) is 11.2. The Hall–Kier alpha value is -3.13. The van der Waals surface area contributed by atoms with E-state index in [0.717, 1.165) is 27.7 Å². The van der Waals surface area contributed by atoms with Gasteiger partial charge in [-0.2, -0.15) is 5.10 Å². The van der Waals surface area contributed by atoms with Crippen molar-refractivity contribution in [2.75, 3.05) is 12.9 Å². The fourth-order valence-electron chi connectivity index (χ4n) is 3.51. The highest BCUT2D eigenvalue weighted by Crippen LogP contribution is 2.34. The molecule has 8 heteroatoms. The van der Waals surface area contributed by atoms with Crippen molar-refractivity contribution >= 4 is 23.4 Å². The zero-order valence-corrected chi connectivity index (χ0v) is 18.6. The van der Waals surface area contributed by atoms with Crippen LogP contribution in [-0.4, -0.2) is 44.3 Å². The Bertz CT molecular complexity index is 1060. The minimum Gasteiger partial charge on any atom is -0.497 e. The van der Waals surface area contributed by atoms with Crippen LogP contribution in [-0.2, 0) is 4.79 Å². The van der Waals surface area contributed by atoms with Crippen molar-refractivity contribution in [2.24, 2.45) is 5.10 Å². The molecular formula is C23H25N5O2S. The van der Waals surface area contributed by atoms with Crippen molar-refractivity contribution in [1.29, 1.82) is 0 Å². The second-order valence-electron chi connectivity index (χ2n) is 7.55. The quantitative estimate of drug-likeness (QED) is 0.516. The SMILES string of the molecule is COc1ccc(C2CC(c3ccccc3)=NN2C(=O)CSc2nncn2C(C)C)cc1. The zero-order chi connectivity index (χ0) is 21.8. The predicted molar refractivity (Wildman–Crippen MR) is 121 cm³/mol. The Balaban J connectivity index is 1.57. The zero-order valence-electron chi connectivity index (χ0n) is 17.8. The third-order valence-electron chi connectivity index (χ3n) is 5.19. The van der Waals surface area contributed by atoms with Crippen molar-refractivity contribution in [3.63, 3.8) is 0 Å². The van der Waals surface area contributed by atoms with Gasteiger partial charge < -0.3 is 9.30 Å². The van der Waals surface area contributed by atoms with Crippen molar-refractivity contribution in [3.8, 4) is 5.75 Å². The maximum absolute atomic E-state index is 13.2. The minimum atomic E-state index is -0.155. The number of hydrogen-bond donors (Lipinski definition) is 0. The molecular weight excluding hydrogens is 410 g/mol. The molecule has 0 saturated carbocycles. The average Bonchev–Trinajstić information content (AvgIpc) is 3.46. The molecule has 1 aliphatic rings. The van der Waals surface area contributed by atoms with Gasteiger partial charge in [-0.05, 0) is 37.1 Å². The second-order valence-corrected chi connectivity index (χ2v) is 8.49. The van der Waals surface area contributed by atoms with Crippen molar-refractivity contribution < 1.29 is 9.53 Å². The van der Waals surface area contributed by atoms with Crippen LogP contribution in [0.15, 0.2) is 71.2 Å². The van der Waals surface area contributed by atoms with Crippen LogP contribution in [0, 0.1) is 0 Å². The lowest BCUT2D eigenvalue weighted by molar-refractivity contribution is -0.130. The van der Waals surface area contributed by atoms with Gasteiger partial charge in [-0.15, -0.1) is 10.2 Å². The molecule has 0 spiro atoms. The maximum atomic E-state index is 13.2. The molecule has 0 bridgehead atoms. The molecule has 0 fully saturated rings. The summed E-state index contributed by atoms with van der Waals surface area (Å²) in [5, 5.41) is 15.2. The molecule has 1 atom stereocenters. The molecule has 2 aromatic carbocycles. The van der Waals surface area contributed by atoms with Gasteiger partial charge in [-0.25, -0.2) is 5.01 Å². The van der Waals surface area contributed by atoms with Crippen LogP contribution < -0.4 is 4.74 Å². The van der Waals surface area contributed by atoms with E-state index in [0.29, 0.717) is 6.42 Å². The van der Waals surface area contributed by atoms with Crippen LogP contribution in [0.25, 0.3) is 0 Å². The van der Waals surface area contributed by atoms with Gasteiger partial charge in [-0.1, -0.05) is 54.2 Å². The summed E-state index contributed by atoms with van der Waals surface area (Å²) in [6.45, 7) is 4.12. The number of hydrogen-bond acceptors (Lipinski definition) is 6. The number of ether oxygens (including phenoxy) is 1. The summed E-state index contributed by atoms with van der Waals surface area (Å²) in [7, 11) is 1.64.